The number of carbonyl (C=O) groups is 2. The fourth-order valence-corrected chi connectivity index (χ4v) is 4.70. The Morgan fingerprint density at radius 2 is 1.84 bits per heavy atom. The zero-order valence-electron chi connectivity index (χ0n) is 24.0. The Hall–Kier alpha value is -5.08. The number of aryl methyl sites for hydroxylation is 2. The number of amides is 1. The molecule has 1 amide bonds. The molecule has 1 aromatic carbocycles. The third-order valence-electron chi connectivity index (χ3n) is 7.00. The van der Waals surface area contributed by atoms with Crippen molar-refractivity contribution in [2.45, 2.75) is 44.9 Å². The number of nitrogens with zero attached hydrogens (tertiary/aromatic N) is 4. The van der Waals surface area contributed by atoms with E-state index in [0.29, 0.717) is 11.1 Å². The van der Waals surface area contributed by atoms with Gasteiger partial charge in [0.25, 0.3) is 11.5 Å². The number of carbonyl (C=O) groups excluding carboxylic acids is 2. The van der Waals surface area contributed by atoms with Crippen molar-refractivity contribution in [3.8, 4) is 5.82 Å². The molecule has 0 saturated heterocycles. The van der Waals surface area contributed by atoms with Gasteiger partial charge in [-0.1, -0.05) is 13.0 Å². The average molecular weight is 617 g/mol. The van der Waals surface area contributed by atoms with E-state index in [4.69, 9.17) is 4.74 Å². The maximum atomic E-state index is 15.0. The topological polar surface area (TPSA) is 137 Å². The zero-order chi connectivity index (χ0) is 32.3. The number of rotatable bonds is 9. The number of halogens is 4. The van der Waals surface area contributed by atoms with Gasteiger partial charge in [0, 0.05) is 31.5 Å². The molecule has 0 radical (unpaired) electrons. The Balaban J connectivity index is 1.57. The van der Waals surface area contributed by atoms with Gasteiger partial charge in [-0.25, -0.2) is 23.5 Å². The van der Waals surface area contributed by atoms with E-state index < -0.39 is 52.8 Å². The lowest BCUT2D eigenvalue weighted by Crippen LogP contribution is -2.43. The number of anilines is 1. The molecule has 4 aromatic rings. The summed E-state index contributed by atoms with van der Waals surface area (Å²) in [5.41, 5.74) is -1.10. The molecule has 0 aliphatic rings. The highest BCUT2D eigenvalue weighted by atomic mass is 19.4. The number of esters is 1. The predicted molar refractivity (Wildman–Crippen MR) is 152 cm³/mol. The summed E-state index contributed by atoms with van der Waals surface area (Å²) in [7, 11) is 2.58. The fraction of sp³-hybridized carbons (Fsp3) is 0.310. The Morgan fingerprint density at radius 3 is 2.43 bits per heavy atom. The largest absolute Gasteiger partial charge is 0.467 e. The minimum Gasteiger partial charge on any atom is -0.467 e. The van der Waals surface area contributed by atoms with E-state index >= 15 is 4.39 Å². The Labute approximate surface area is 247 Å². The molecule has 0 aliphatic carbocycles. The van der Waals surface area contributed by atoms with Crippen LogP contribution in [0.2, 0.25) is 0 Å². The molecule has 0 fully saturated rings. The second kappa shape index (κ2) is 12.7. The van der Waals surface area contributed by atoms with Gasteiger partial charge in [0.2, 0.25) is 0 Å². The summed E-state index contributed by atoms with van der Waals surface area (Å²) in [4.78, 5) is 59.7. The van der Waals surface area contributed by atoms with Crippen molar-refractivity contribution in [3.63, 3.8) is 0 Å². The molecule has 15 heteroatoms. The summed E-state index contributed by atoms with van der Waals surface area (Å²) in [5.74, 6) is -2.92. The van der Waals surface area contributed by atoms with Crippen molar-refractivity contribution >= 4 is 28.5 Å². The quantitative estimate of drug-likeness (QED) is 0.216. The number of alkyl halides is 3. The van der Waals surface area contributed by atoms with E-state index in [1.807, 2.05) is 0 Å². The van der Waals surface area contributed by atoms with Crippen molar-refractivity contribution in [2.75, 3.05) is 12.4 Å². The molecule has 2 N–H and O–H groups in total. The number of ether oxygens (including phenoxy) is 1. The average Bonchev–Trinajstić information content (AvgIpc) is 2.98. The maximum absolute atomic E-state index is 15.0. The molecule has 2 atom stereocenters. The highest BCUT2D eigenvalue weighted by Crippen LogP contribution is 2.28. The van der Waals surface area contributed by atoms with Crippen LogP contribution >= 0.6 is 0 Å². The van der Waals surface area contributed by atoms with Crippen LogP contribution in [0.5, 0.6) is 0 Å². The van der Waals surface area contributed by atoms with Crippen molar-refractivity contribution in [2.24, 2.45) is 7.05 Å². The molecule has 0 spiro atoms. The monoisotopic (exact) mass is 616 g/mol. The molecule has 0 aliphatic heterocycles. The van der Waals surface area contributed by atoms with Crippen LogP contribution in [0.1, 0.15) is 34.8 Å². The summed E-state index contributed by atoms with van der Waals surface area (Å²) in [6.45, 7) is 2.68. The van der Waals surface area contributed by atoms with E-state index in [1.165, 1.54) is 68.3 Å². The van der Waals surface area contributed by atoms with Gasteiger partial charge in [-0.3, -0.25) is 19.1 Å². The first kappa shape index (κ1) is 31.8. The van der Waals surface area contributed by atoms with E-state index in [-0.39, 0.29) is 35.3 Å². The number of nitrogens with one attached hydrogen (secondary N) is 2. The van der Waals surface area contributed by atoms with E-state index in [0.717, 1.165) is 17.7 Å². The molecular formula is C29H28F4N6O5. The van der Waals surface area contributed by atoms with E-state index in [2.05, 4.69) is 20.6 Å². The van der Waals surface area contributed by atoms with Gasteiger partial charge in [-0.15, -0.1) is 0 Å². The summed E-state index contributed by atoms with van der Waals surface area (Å²) >= 11 is 0. The third-order valence-corrected chi connectivity index (χ3v) is 7.00. The summed E-state index contributed by atoms with van der Waals surface area (Å²) in [6.07, 6.45) is -0.896. The van der Waals surface area contributed by atoms with Crippen LogP contribution in [0.15, 0.2) is 58.5 Å². The lowest BCUT2D eigenvalue weighted by atomic mass is 10.0. The number of benzene rings is 1. The minimum absolute atomic E-state index is 0.0129. The zero-order valence-corrected chi connectivity index (χ0v) is 24.0. The first-order valence-corrected chi connectivity index (χ1v) is 13.3. The molecule has 0 unspecified atom stereocenters. The molecule has 3 aromatic heterocycles. The number of fused-ring (bicyclic) bond motifs is 1. The van der Waals surface area contributed by atoms with Gasteiger partial charge in [0.15, 0.2) is 0 Å². The lowest BCUT2D eigenvalue weighted by Gasteiger charge is -2.22. The predicted octanol–water partition coefficient (Wildman–Crippen LogP) is 3.19. The van der Waals surface area contributed by atoms with Crippen LogP contribution in [0, 0.1) is 12.7 Å². The number of aromatic nitrogens is 4. The standard InChI is InChI=1S/C29H28F4N6O5/c1-5-22(29(31,32)33)36-17-10-15(2)24(19(30)12-17)25(40)37-20(27(42)44-4)11-16-6-7-23(35-13-16)39-26(41)18-8-9-34-14-21(18)38(3)28(39)43/h6-10,12-14,20,22,36H,5,11H2,1-4H3,(H,37,40)/t20-,22+/m0/s1. The van der Waals surface area contributed by atoms with Crippen LogP contribution < -0.4 is 21.9 Å². The van der Waals surface area contributed by atoms with Crippen molar-refractivity contribution in [1.82, 2.24) is 24.4 Å². The Kier molecular flexibility index (Phi) is 9.16. The highest BCUT2D eigenvalue weighted by Gasteiger charge is 2.38. The highest BCUT2D eigenvalue weighted by molar-refractivity contribution is 5.98. The van der Waals surface area contributed by atoms with Crippen LogP contribution in [-0.2, 0) is 23.0 Å². The summed E-state index contributed by atoms with van der Waals surface area (Å²) in [5, 5.41) is 4.88. The molecule has 11 nitrogen and oxygen atoms in total. The Morgan fingerprint density at radius 1 is 1.11 bits per heavy atom. The Bertz CT molecular complexity index is 1810. The number of hydrogen-bond donors (Lipinski definition) is 2. The SMILES string of the molecule is CC[C@@H](Nc1cc(C)c(C(=O)N[C@@H](Cc2ccc(-n3c(=O)c4ccncc4n(C)c3=O)nc2)C(=O)OC)c(F)c1)C(F)(F)F. The first-order chi connectivity index (χ1) is 20.8. The number of methoxy groups -OCH3 is 1. The number of pyridine rings is 2. The lowest BCUT2D eigenvalue weighted by molar-refractivity contribution is -0.143. The third kappa shape index (κ3) is 6.45. The van der Waals surface area contributed by atoms with Gasteiger partial charge in [0.1, 0.15) is 23.7 Å². The molecule has 0 bridgehead atoms. The first-order valence-electron chi connectivity index (χ1n) is 13.3. The molecule has 3 heterocycles. The molecule has 0 saturated carbocycles. The van der Waals surface area contributed by atoms with E-state index in [9.17, 15) is 32.3 Å². The molecule has 4 rings (SSSR count). The van der Waals surface area contributed by atoms with Gasteiger partial charge < -0.3 is 15.4 Å². The van der Waals surface area contributed by atoms with Crippen molar-refractivity contribution in [3.05, 3.63) is 92.3 Å². The van der Waals surface area contributed by atoms with Crippen LogP contribution in [0.25, 0.3) is 16.7 Å². The summed E-state index contributed by atoms with van der Waals surface area (Å²) < 4.78 is 61.4. The minimum atomic E-state index is -4.56. The van der Waals surface area contributed by atoms with Gasteiger partial charge in [-0.05, 0) is 48.7 Å². The van der Waals surface area contributed by atoms with Crippen LogP contribution in [0.3, 0.4) is 0 Å². The van der Waals surface area contributed by atoms with E-state index in [1.54, 1.807) is 0 Å². The van der Waals surface area contributed by atoms with Crippen molar-refractivity contribution < 1.29 is 31.9 Å². The second-order valence-corrected chi connectivity index (χ2v) is 9.95. The number of hydrogen-bond acceptors (Lipinski definition) is 8. The van der Waals surface area contributed by atoms with Crippen molar-refractivity contribution in [1.29, 1.82) is 0 Å². The van der Waals surface area contributed by atoms with Gasteiger partial charge in [-0.2, -0.15) is 13.2 Å². The fourth-order valence-electron chi connectivity index (χ4n) is 4.70. The van der Waals surface area contributed by atoms with Gasteiger partial charge >= 0.3 is 17.8 Å². The maximum Gasteiger partial charge on any atom is 0.408 e. The second-order valence-electron chi connectivity index (χ2n) is 9.95. The van der Waals surface area contributed by atoms with Crippen LogP contribution in [-0.4, -0.2) is 56.3 Å². The normalized spacial score (nSPS) is 12.9. The molecule has 232 valence electrons. The van der Waals surface area contributed by atoms with Crippen LogP contribution in [0.4, 0.5) is 23.2 Å². The van der Waals surface area contributed by atoms with Gasteiger partial charge in [0.05, 0.1) is 29.8 Å². The molecular weight excluding hydrogens is 588 g/mol. The summed E-state index contributed by atoms with van der Waals surface area (Å²) in [6, 6.07) is 3.12. The molecule has 44 heavy (non-hydrogen) atoms. The smallest absolute Gasteiger partial charge is 0.408 e.